The number of esters is 1. The number of carbonyl (C=O) groups excluding carboxylic acids is 1. The minimum Gasteiger partial charge on any atom is -0.462 e. The van der Waals surface area contributed by atoms with Crippen LogP contribution in [0.3, 0.4) is 0 Å². The van der Waals surface area contributed by atoms with Crippen LogP contribution >= 0.6 is 8.58 Å². The summed E-state index contributed by atoms with van der Waals surface area (Å²) in [7, 11) is 0.694. The highest BCUT2D eigenvalue weighted by Gasteiger charge is 1.95. The van der Waals surface area contributed by atoms with Crippen molar-refractivity contribution in [2.75, 3.05) is 12.8 Å². The number of benzene rings is 1. The van der Waals surface area contributed by atoms with Crippen LogP contribution in [0.5, 0.6) is 0 Å². The highest BCUT2D eigenvalue weighted by molar-refractivity contribution is 7.47. The second-order valence-corrected chi connectivity index (χ2v) is 4.10. The quantitative estimate of drug-likeness (QED) is 0.319. The van der Waals surface area contributed by atoms with Gasteiger partial charge in [0.15, 0.2) is 0 Å². The van der Waals surface area contributed by atoms with Crippen molar-refractivity contribution in [1.82, 2.24) is 0 Å². The third-order valence-corrected chi connectivity index (χ3v) is 2.81. The molecule has 0 aliphatic rings. The zero-order valence-electron chi connectivity index (χ0n) is 7.90. The lowest BCUT2D eigenvalue weighted by atomic mass is 10.4. The first-order valence-corrected chi connectivity index (χ1v) is 5.62. The molecule has 1 aromatic carbocycles. The largest absolute Gasteiger partial charge is 0.462 e. The summed E-state index contributed by atoms with van der Waals surface area (Å²) in [6, 6.07) is 10.2. The molecule has 0 N–H and O–H groups in total. The van der Waals surface area contributed by atoms with Crippen LogP contribution in [-0.2, 0) is 9.53 Å². The van der Waals surface area contributed by atoms with Crippen molar-refractivity contribution >= 4 is 19.9 Å². The lowest BCUT2D eigenvalue weighted by Gasteiger charge is -2.02. The Hall–Kier alpha value is -1.14. The van der Waals surface area contributed by atoms with Crippen molar-refractivity contribution in [2.24, 2.45) is 0 Å². The molecule has 0 saturated carbocycles. The SMILES string of the molecule is C=CC(=O)OCCPc1ccccc1. The fraction of sp³-hybridized carbons (Fsp3) is 0.182. The third kappa shape index (κ3) is 4.20. The first-order valence-electron chi connectivity index (χ1n) is 4.41. The average molecular weight is 208 g/mol. The predicted octanol–water partition coefficient (Wildman–Crippen LogP) is 1.72. The maximum absolute atomic E-state index is 10.7. The van der Waals surface area contributed by atoms with Crippen molar-refractivity contribution in [3.8, 4) is 0 Å². The fourth-order valence-corrected chi connectivity index (χ4v) is 1.88. The Kier molecular flexibility index (Phi) is 4.95. The molecule has 74 valence electrons. The number of hydrogen-bond donors (Lipinski definition) is 0. The molecule has 2 nitrogen and oxygen atoms in total. The molecular weight excluding hydrogens is 195 g/mol. The lowest BCUT2D eigenvalue weighted by Crippen LogP contribution is -2.05. The van der Waals surface area contributed by atoms with Crippen molar-refractivity contribution in [3.63, 3.8) is 0 Å². The van der Waals surface area contributed by atoms with Crippen molar-refractivity contribution in [1.29, 1.82) is 0 Å². The van der Waals surface area contributed by atoms with Crippen LogP contribution in [0.1, 0.15) is 0 Å². The molecule has 0 radical (unpaired) electrons. The molecule has 1 atom stereocenters. The average Bonchev–Trinajstić information content (AvgIpc) is 2.25. The molecule has 14 heavy (non-hydrogen) atoms. The summed E-state index contributed by atoms with van der Waals surface area (Å²) in [6.07, 6.45) is 2.06. The van der Waals surface area contributed by atoms with Crippen LogP contribution in [0.4, 0.5) is 0 Å². The van der Waals surface area contributed by atoms with Crippen LogP contribution in [-0.4, -0.2) is 18.7 Å². The summed E-state index contributed by atoms with van der Waals surface area (Å²) in [5, 5.41) is 1.29. The van der Waals surface area contributed by atoms with Crippen LogP contribution in [0.15, 0.2) is 43.0 Å². The van der Waals surface area contributed by atoms with Gasteiger partial charge in [-0.15, -0.1) is 0 Å². The van der Waals surface area contributed by atoms with E-state index < -0.39 is 0 Å². The van der Waals surface area contributed by atoms with Gasteiger partial charge in [0.2, 0.25) is 0 Å². The van der Waals surface area contributed by atoms with Gasteiger partial charge in [0, 0.05) is 12.2 Å². The van der Waals surface area contributed by atoms with Gasteiger partial charge in [-0.05, 0) is 5.30 Å². The number of hydrogen-bond acceptors (Lipinski definition) is 2. The Morgan fingerprint density at radius 2 is 2.14 bits per heavy atom. The Balaban J connectivity index is 2.16. The van der Waals surface area contributed by atoms with Gasteiger partial charge in [0.25, 0.3) is 0 Å². The van der Waals surface area contributed by atoms with Crippen molar-refractivity contribution in [2.45, 2.75) is 0 Å². The molecule has 1 aromatic rings. The van der Waals surface area contributed by atoms with Crippen molar-refractivity contribution in [3.05, 3.63) is 43.0 Å². The zero-order valence-corrected chi connectivity index (χ0v) is 8.90. The first-order chi connectivity index (χ1) is 6.83. The minimum atomic E-state index is -0.345. The first kappa shape index (κ1) is 10.9. The van der Waals surface area contributed by atoms with E-state index in [0.717, 1.165) is 6.16 Å². The molecule has 3 heteroatoms. The second-order valence-electron chi connectivity index (χ2n) is 2.66. The molecule has 0 amide bonds. The van der Waals surface area contributed by atoms with E-state index in [4.69, 9.17) is 4.74 Å². The van der Waals surface area contributed by atoms with E-state index in [1.54, 1.807) is 0 Å². The van der Waals surface area contributed by atoms with Gasteiger partial charge in [-0.3, -0.25) is 0 Å². The van der Waals surface area contributed by atoms with Crippen LogP contribution in [0.25, 0.3) is 0 Å². The lowest BCUT2D eigenvalue weighted by molar-refractivity contribution is -0.137. The van der Waals surface area contributed by atoms with Gasteiger partial charge < -0.3 is 4.74 Å². The van der Waals surface area contributed by atoms with Gasteiger partial charge in [-0.25, -0.2) is 4.79 Å². The van der Waals surface area contributed by atoms with E-state index in [1.165, 1.54) is 11.4 Å². The monoisotopic (exact) mass is 208 g/mol. The third-order valence-electron chi connectivity index (χ3n) is 1.62. The Bertz CT molecular complexity index is 295. The summed E-state index contributed by atoms with van der Waals surface area (Å²) < 4.78 is 4.86. The molecule has 0 spiro atoms. The van der Waals surface area contributed by atoms with E-state index in [0.29, 0.717) is 15.2 Å². The molecule has 0 saturated heterocycles. The van der Waals surface area contributed by atoms with Crippen LogP contribution in [0.2, 0.25) is 0 Å². The van der Waals surface area contributed by atoms with E-state index in [9.17, 15) is 4.79 Å². The maximum Gasteiger partial charge on any atom is 0.330 e. The summed E-state index contributed by atoms with van der Waals surface area (Å²) in [5.74, 6) is -0.345. The zero-order chi connectivity index (χ0) is 10.2. The number of ether oxygens (including phenoxy) is 1. The maximum atomic E-state index is 10.7. The molecule has 1 unspecified atom stereocenters. The van der Waals surface area contributed by atoms with E-state index in [-0.39, 0.29) is 5.97 Å². The predicted molar refractivity (Wildman–Crippen MR) is 60.4 cm³/mol. The molecule has 1 rings (SSSR count). The summed E-state index contributed by atoms with van der Waals surface area (Å²) in [4.78, 5) is 10.7. The molecule has 0 aromatic heterocycles. The fourth-order valence-electron chi connectivity index (χ4n) is 0.962. The number of carbonyl (C=O) groups is 1. The van der Waals surface area contributed by atoms with Gasteiger partial charge in [0.05, 0.1) is 6.61 Å². The topological polar surface area (TPSA) is 26.3 Å². The molecular formula is C11H13O2P. The smallest absolute Gasteiger partial charge is 0.330 e. The van der Waals surface area contributed by atoms with E-state index in [2.05, 4.69) is 18.7 Å². The summed E-state index contributed by atoms with van der Waals surface area (Å²) >= 11 is 0. The molecule has 0 aliphatic carbocycles. The van der Waals surface area contributed by atoms with Crippen molar-refractivity contribution < 1.29 is 9.53 Å². The van der Waals surface area contributed by atoms with Gasteiger partial charge in [-0.1, -0.05) is 45.5 Å². The molecule has 0 heterocycles. The summed E-state index contributed by atoms with van der Waals surface area (Å²) in [6.45, 7) is 3.80. The summed E-state index contributed by atoms with van der Waals surface area (Å²) in [5.41, 5.74) is 0. The van der Waals surface area contributed by atoms with Crippen LogP contribution < -0.4 is 5.30 Å². The Morgan fingerprint density at radius 1 is 1.43 bits per heavy atom. The molecule has 0 aliphatic heterocycles. The Morgan fingerprint density at radius 3 is 2.79 bits per heavy atom. The minimum absolute atomic E-state index is 0.345. The highest BCUT2D eigenvalue weighted by atomic mass is 31.1. The van der Waals surface area contributed by atoms with Gasteiger partial charge in [0.1, 0.15) is 0 Å². The van der Waals surface area contributed by atoms with Gasteiger partial charge in [-0.2, -0.15) is 0 Å². The van der Waals surface area contributed by atoms with Crippen LogP contribution in [0, 0.1) is 0 Å². The number of rotatable bonds is 5. The normalized spacial score (nSPS) is 10.3. The Labute approximate surface area is 85.8 Å². The van der Waals surface area contributed by atoms with E-state index in [1.807, 2.05) is 18.2 Å². The highest BCUT2D eigenvalue weighted by Crippen LogP contribution is 2.08. The molecule has 0 fully saturated rings. The second kappa shape index (κ2) is 6.33. The van der Waals surface area contributed by atoms with Gasteiger partial charge >= 0.3 is 5.97 Å². The van der Waals surface area contributed by atoms with E-state index >= 15 is 0 Å². The standard InChI is InChI=1S/C11H13O2P/c1-2-11(12)13-8-9-14-10-6-4-3-5-7-10/h2-7,14H,1,8-9H2. The molecule has 0 bridgehead atoms.